The minimum Gasteiger partial charge on any atom is -0.506 e. The lowest BCUT2D eigenvalue weighted by atomic mass is 9.76. The summed E-state index contributed by atoms with van der Waals surface area (Å²) in [6.07, 6.45) is 4.12. The van der Waals surface area contributed by atoms with Gasteiger partial charge in [-0.1, -0.05) is 115 Å². The molecule has 0 unspecified atom stereocenters. The van der Waals surface area contributed by atoms with E-state index in [0.29, 0.717) is 54.1 Å². The summed E-state index contributed by atoms with van der Waals surface area (Å²) in [6.45, 7) is 18.4. The van der Waals surface area contributed by atoms with Gasteiger partial charge in [0.1, 0.15) is 17.2 Å². The van der Waals surface area contributed by atoms with E-state index in [9.17, 15) is 9.90 Å². The van der Waals surface area contributed by atoms with Crippen molar-refractivity contribution in [2.75, 3.05) is 13.2 Å². The van der Waals surface area contributed by atoms with Gasteiger partial charge in [-0.2, -0.15) is 5.10 Å². The number of aryl methyl sites for hydroxylation is 1. The molecule has 2 N–H and O–H groups in total. The van der Waals surface area contributed by atoms with Gasteiger partial charge in [-0.05, 0) is 83.7 Å². The van der Waals surface area contributed by atoms with Gasteiger partial charge in [0.05, 0.1) is 23.6 Å². The number of hydrogen-bond donors (Lipinski definition) is 2. The van der Waals surface area contributed by atoms with Crippen molar-refractivity contribution in [3.05, 3.63) is 107 Å². The molecule has 5 aromatic rings. The summed E-state index contributed by atoms with van der Waals surface area (Å²) in [6, 6.07) is 25.3. The van der Waals surface area contributed by atoms with Gasteiger partial charge in [0, 0.05) is 40.6 Å². The van der Waals surface area contributed by atoms with Gasteiger partial charge in [-0.15, -0.1) is 10.2 Å². The summed E-state index contributed by atoms with van der Waals surface area (Å²) in [7, 11) is 0. The Hall–Kier alpha value is -5.23. The lowest BCUT2D eigenvalue weighted by molar-refractivity contribution is 0.0949. The number of benzene rings is 4. The molecule has 0 bridgehead atoms. The number of aromatic hydroxyl groups is 1. The van der Waals surface area contributed by atoms with Crippen molar-refractivity contribution in [2.24, 2.45) is 20.7 Å². The molecular formula is C45H55N7O4S. The molecule has 6 rings (SSSR count). The molecular weight excluding hydrogens is 735 g/mol. The highest BCUT2D eigenvalue weighted by atomic mass is 32.2. The predicted molar refractivity (Wildman–Crippen MR) is 228 cm³/mol. The van der Waals surface area contributed by atoms with Gasteiger partial charge in [0.15, 0.2) is 0 Å². The van der Waals surface area contributed by atoms with E-state index in [2.05, 4.69) is 85.7 Å². The number of nitrogens with zero attached hydrogens (tertiary/aromatic N) is 6. The number of aromatic nitrogens is 2. The van der Waals surface area contributed by atoms with E-state index in [1.54, 1.807) is 16.8 Å². The number of amides is 1. The Kier molecular flexibility index (Phi) is 12.7. The Balaban J connectivity index is 1.19. The molecule has 0 radical (unpaired) electrons. The fraction of sp³-hybridized carbons (Fsp3) is 0.422. The molecule has 1 aliphatic heterocycles. The maximum atomic E-state index is 13.8. The van der Waals surface area contributed by atoms with Crippen LogP contribution in [0.15, 0.2) is 99.5 Å². The number of ether oxygens (including phenoxy) is 2. The zero-order valence-electron chi connectivity index (χ0n) is 34.4. The Bertz CT molecular complexity index is 2250. The number of para-hydroxylation sites is 1. The molecule has 0 aliphatic carbocycles. The van der Waals surface area contributed by atoms with Gasteiger partial charge < -0.3 is 19.9 Å². The Morgan fingerprint density at radius 2 is 1.54 bits per heavy atom. The number of rotatable bonds is 18. The highest BCUT2D eigenvalue weighted by Gasteiger charge is 2.34. The summed E-state index contributed by atoms with van der Waals surface area (Å²) >= 11 is 1.50. The molecule has 12 heteroatoms. The van der Waals surface area contributed by atoms with Crippen LogP contribution in [0, 0.1) is 6.92 Å². The van der Waals surface area contributed by atoms with Crippen LogP contribution in [0.1, 0.15) is 113 Å². The molecule has 4 aromatic carbocycles. The van der Waals surface area contributed by atoms with Crippen LogP contribution in [0.3, 0.4) is 0 Å². The third-order valence-corrected chi connectivity index (χ3v) is 12.6. The second-order valence-corrected chi connectivity index (χ2v) is 17.0. The summed E-state index contributed by atoms with van der Waals surface area (Å²) in [5.74, 6) is 1.78. The van der Waals surface area contributed by atoms with Crippen molar-refractivity contribution in [3.8, 4) is 28.8 Å². The van der Waals surface area contributed by atoms with Crippen molar-refractivity contribution >= 4 is 28.4 Å². The maximum Gasteiger partial charge on any atom is 0.255 e. The maximum absolute atomic E-state index is 13.8. The number of carbonyl (C=O) groups is 1. The van der Waals surface area contributed by atoms with Crippen molar-refractivity contribution < 1.29 is 19.4 Å². The summed E-state index contributed by atoms with van der Waals surface area (Å²) < 4.78 is 14.9. The van der Waals surface area contributed by atoms with Gasteiger partial charge in [0.2, 0.25) is 10.9 Å². The minimum atomic E-state index is -0.812. The average molecular weight is 790 g/mol. The predicted octanol–water partition coefficient (Wildman–Crippen LogP) is 11.9. The first-order valence-corrected chi connectivity index (χ1v) is 20.9. The Labute approximate surface area is 340 Å². The molecule has 300 valence electrons. The van der Waals surface area contributed by atoms with Crippen molar-refractivity contribution in [3.63, 3.8) is 0 Å². The molecule has 1 aliphatic rings. The zero-order valence-corrected chi connectivity index (χ0v) is 35.2. The van der Waals surface area contributed by atoms with Crippen LogP contribution < -0.4 is 14.8 Å². The smallest absolute Gasteiger partial charge is 0.255 e. The first kappa shape index (κ1) is 41.4. The van der Waals surface area contributed by atoms with Gasteiger partial charge in [-0.25, -0.2) is 4.68 Å². The topological polar surface area (TPSA) is 135 Å². The molecule has 0 atom stereocenters. The summed E-state index contributed by atoms with van der Waals surface area (Å²) in [5.41, 5.74) is 5.15. The van der Waals surface area contributed by atoms with Crippen LogP contribution in [-0.2, 0) is 16.6 Å². The highest BCUT2D eigenvalue weighted by molar-refractivity contribution is 7.99. The number of thioether (sulfide) groups is 1. The second kappa shape index (κ2) is 17.5. The molecule has 0 spiro atoms. The fourth-order valence-corrected chi connectivity index (χ4v) is 7.74. The molecule has 1 aromatic heterocycles. The Morgan fingerprint density at radius 3 is 2.23 bits per heavy atom. The number of nitrogens with one attached hydrogen (secondary N) is 1. The third-order valence-electron chi connectivity index (χ3n) is 11.3. The van der Waals surface area contributed by atoms with Crippen molar-refractivity contribution in [1.82, 2.24) is 15.1 Å². The van der Waals surface area contributed by atoms with Crippen LogP contribution in [0.2, 0.25) is 0 Å². The average Bonchev–Trinajstić information content (AvgIpc) is 3.83. The first-order chi connectivity index (χ1) is 27.3. The lowest BCUT2D eigenvalue weighted by Gasteiger charge is -2.30. The van der Waals surface area contributed by atoms with Gasteiger partial charge in [-0.3, -0.25) is 4.79 Å². The van der Waals surface area contributed by atoms with E-state index in [1.807, 2.05) is 62.4 Å². The van der Waals surface area contributed by atoms with Crippen LogP contribution in [-0.4, -0.2) is 38.9 Å². The SMILES string of the molecule is CCC1(SCc2c(C)nn(-c3ccccc3)c2Oc2cc(C(=O)NCCCCOc3ccc(C(C)(C)CC)cc3C(C)(C)CC)c(O)c3ccccc23)N=NN=N1. The van der Waals surface area contributed by atoms with Gasteiger partial charge >= 0.3 is 0 Å². The van der Waals surface area contributed by atoms with Crippen molar-refractivity contribution in [2.45, 2.75) is 109 Å². The number of hydrogen-bond acceptors (Lipinski definition) is 10. The summed E-state index contributed by atoms with van der Waals surface area (Å²) in [4.78, 5) is 12.9. The quantitative estimate of drug-likeness (QED) is 0.0849. The number of carbonyl (C=O) groups excluding carboxylic acids is 1. The Morgan fingerprint density at radius 1 is 0.860 bits per heavy atom. The number of unbranched alkanes of at least 4 members (excludes halogenated alkanes) is 1. The lowest BCUT2D eigenvalue weighted by Crippen LogP contribution is -2.25. The fourth-order valence-electron chi connectivity index (χ4n) is 6.64. The molecule has 11 nitrogen and oxygen atoms in total. The normalized spacial score (nSPS) is 13.7. The number of phenolic OH excluding ortho intramolecular Hbond substituents is 1. The van der Waals surface area contributed by atoms with Gasteiger partial charge in [0.25, 0.3) is 5.91 Å². The molecule has 2 heterocycles. The monoisotopic (exact) mass is 789 g/mol. The van der Waals surface area contributed by atoms with E-state index in [1.165, 1.54) is 22.9 Å². The van der Waals surface area contributed by atoms with Crippen LogP contribution in [0.5, 0.6) is 23.1 Å². The van der Waals surface area contributed by atoms with E-state index in [4.69, 9.17) is 14.6 Å². The van der Waals surface area contributed by atoms with Crippen LogP contribution >= 0.6 is 11.8 Å². The highest BCUT2D eigenvalue weighted by Crippen LogP contribution is 2.44. The standard InChI is InChI=1S/C45H55N7O4S/c1-9-43(5,6)31-23-24-38(37(27-31)44(7,8)10-2)55-26-18-17-25-46-41(54)35-28-39(33-21-15-16-22-34(33)40(35)53)56-42-36(29-57-45(11-3)48-50-51-49-45)30(4)47-52(42)32-19-13-12-14-20-32/h12-16,19-24,27-28,53H,9-11,17-18,25-26,29H2,1-8H3,(H,46,54). The molecule has 0 fully saturated rings. The molecule has 0 saturated heterocycles. The number of phenols is 1. The van der Waals surface area contributed by atoms with Crippen LogP contribution in [0.4, 0.5) is 0 Å². The van der Waals surface area contributed by atoms with E-state index < -0.39 is 10.9 Å². The molecule has 0 saturated carbocycles. The first-order valence-electron chi connectivity index (χ1n) is 19.9. The third kappa shape index (κ3) is 9.01. The minimum absolute atomic E-state index is 0.0268. The van der Waals surface area contributed by atoms with Crippen LogP contribution in [0.25, 0.3) is 16.5 Å². The van der Waals surface area contributed by atoms with Crippen molar-refractivity contribution in [1.29, 1.82) is 0 Å². The number of fused-ring (bicyclic) bond motifs is 1. The second-order valence-electron chi connectivity index (χ2n) is 15.8. The van der Waals surface area contributed by atoms with E-state index in [-0.39, 0.29) is 22.1 Å². The molecule has 1 amide bonds. The summed E-state index contributed by atoms with van der Waals surface area (Å²) in [5, 5.41) is 36.6. The largest absolute Gasteiger partial charge is 0.506 e. The molecule has 57 heavy (non-hydrogen) atoms. The zero-order chi connectivity index (χ0) is 40.8. The van der Waals surface area contributed by atoms with E-state index >= 15 is 0 Å². The van der Waals surface area contributed by atoms with E-state index in [0.717, 1.165) is 42.0 Å².